The number of benzene rings is 1. The van der Waals surface area contributed by atoms with Gasteiger partial charge in [0.15, 0.2) is 0 Å². The topological polar surface area (TPSA) is 114 Å². The summed E-state index contributed by atoms with van der Waals surface area (Å²) in [5, 5.41) is 14.2. The number of aliphatic hydroxyl groups is 1. The monoisotopic (exact) mass is 460 g/mol. The highest BCUT2D eigenvalue weighted by Crippen LogP contribution is 2.19. The molecule has 0 bridgehead atoms. The lowest BCUT2D eigenvalue weighted by Crippen LogP contribution is -2.38. The molecule has 1 aromatic carbocycles. The van der Waals surface area contributed by atoms with Gasteiger partial charge in [-0.2, -0.15) is 0 Å². The molecule has 0 aromatic heterocycles. The standard InChI is InChI=1S/C25H36N2O6/c1-3-5-7-13-24(30)33-22(20-11-8-6-9-12-20)19-27-25(31)21(10-4-2)18-23(29)26-14-16-32-17-15-28/h3-4,6,8-9,11-12,21-22,28H,1-2,5,7,10,13-19H2,(H,26,29)(H,27,31)/t21-,22-/m1/s1. The van der Waals surface area contributed by atoms with Gasteiger partial charge in [0.2, 0.25) is 11.8 Å². The van der Waals surface area contributed by atoms with E-state index >= 15 is 0 Å². The molecule has 1 aromatic rings. The van der Waals surface area contributed by atoms with Crippen molar-refractivity contribution in [2.75, 3.05) is 32.9 Å². The smallest absolute Gasteiger partial charge is 0.306 e. The number of allylic oxidation sites excluding steroid dienone is 2. The molecule has 1 rings (SSSR count). The van der Waals surface area contributed by atoms with Crippen molar-refractivity contribution in [3.05, 3.63) is 61.2 Å². The molecule has 0 heterocycles. The van der Waals surface area contributed by atoms with Crippen molar-refractivity contribution in [3.63, 3.8) is 0 Å². The Hall–Kier alpha value is -2.97. The van der Waals surface area contributed by atoms with Crippen molar-refractivity contribution in [2.45, 2.75) is 38.2 Å². The van der Waals surface area contributed by atoms with E-state index in [1.807, 2.05) is 30.3 Å². The summed E-state index contributed by atoms with van der Waals surface area (Å²) in [6.07, 6.45) is 4.68. The lowest BCUT2D eigenvalue weighted by molar-refractivity contribution is -0.150. The molecule has 0 saturated carbocycles. The molecule has 0 radical (unpaired) electrons. The summed E-state index contributed by atoms with van der Waals surface area (Å²) in [5.41, 5.74) is 0.774. The average Bonchev–Trinajstić information content (AvgIpc) is 2.82. The van der Waals surface area contributed by atoms with E-state index in [2.05, 4.69) is 23.8 Å². The van der Waals surface area contributed by atoms with Crippen molar-refractivity contribution >= 4 is 17.8 Å². The van der Waals surface area contributed by atoms with Crippen molar-refractivity contribution in [1.29, 1.82) is 0 Å². The Morgan fingerprint density at radius 3 is 2.48 bits per heavy atom. The van der Waals surface area contributed by atoms with E-state index in [4.69, 9.17) is 14.6 Å². The van der Waals surface area contributed by atoms with Crippen LogP contribution < -0.4 is 10.6 Å². The molecular weight excluding hydrogens is 424 g/mol. The molecule has 0 spiro atoms. The Kier molecular flexibility index (Phi) is 14.9. The fourth-order valence-electron chi connectivity index (χ4n) is 3.05. The van der Waals surface area contributed by atoms with E-state index in [0.717, 1.165) is 12.0 Å². The minimum atomic E-state index is -0.631. The van der Waals surface area contributed by atoms with Crippen LogP contribution >= 0.6 is 0 Å². The highest BCUT2D eigenvalue weighted by Gasteiger charge is 2.23. The number of carbonyl (C=O) groups excluding carboxylic acids is 3. The number of hydrogen-bond donors (Lipinski definition) is 3. The SMILES string of the molecule is C=CCCCC(=O)O[C@H](CNC(=O)[C@H](CC=C)CC(=O)NCCOCCO)c1ccccc1. The van der Waals surface area contributed by atoms with Crippen LogP contribution in [0.1, 0.15) is 43.8 Å². The number of esters is 1. The predicted molar refractivity (Wildman–Crippen MR) is 126 cm³/mol. The molecule has 2 atom stereocenters. The summed E-state index contributed by atoms with van der Waals surface area (Å²) >= 11 is 0. The summed E-state index contributed by atoms with van der Waals surface area (Å²) in [4.78, 5) is 37.2. The molecule has 33 heavy (non-hydrogen) atoms. The second-order valence-corrected chi connectivity index (χ2v) is 7.43. The normalized spacial score (nSPS) is 12.3. The first kappa shape index (κ1) is 28.1. The Labute approximate surface area is 196 Å². The Morgan fingerprint density at radius 1 is 1.06 bits per heavy atom. The van der Waals surface area contributed by atoms with Gasteiger partial charge < -0.3 is 25.2 Å². The van der Waals surface area contributed by atoms with E-state index in [0.29, 0.717) is 19.4 Å². The highest BCUT2D eigenvalue weighted by molar-refractivity contribution is 5.86. The fraction of sp³-hybridized carbons (Fsp3) is 0.480. The molecule has 0 saturated heterocycles. The second kappa shape index (κ2) is 17.6. The third-order valence-electron chi connectivity index (χ3n) is 4.75. The first-order valence-corrected chi connectivity index (χ1v) is 11.2. The number of unbranched alkanes of at least 4 members (excludes halogenated alkanes) is 1. The number of hydrogen-bond acceptors (Lipinski definition) is 6. The average molecular weight is 461 g/mol. The largest absolute Gasteiger partial charge is 0.456 e. The van der Waals surface area contributed by atoms with E-state index in [-0.39, 0.29) is 57.0 Å². The van der Waals surface area contributed by atoms with Crippen molar-refractivity contribution in [2.24, 2.45) is 5.92 Å². The zero-order valence-electron chi connectivity index (χ0n) is 19.2. The number of amides is 2. The predicted octanol–water partition coefficient (Wildman–Crippen LogP) is 2.45. The van der Waals surface area contributed by atoms with Crippen LogP contribution in [-0.2, 0) is 23.9 Å². The molecule has 0 aliphatic carbocycles. The number of ether oxygens (including phenoxy) is 2. The van der Waals surface area contributed by atoms with Crippen molar-refractivity contribution < 1.29 is 29.0 Å². The van der Waals surface area contributed by atoms with Crippen LogP contribution in [-0.4, -0.2) is 55.8 Å². The van der Waals surface area contributed by atoms with Crippen molar-refractivity contribution in [3.8, 4) is 0 Å². The fourth-order valence-corrected chi connectivity index (χ4v) is 3.05. The van der Waals surface area contributed by atoms with E-state index in [1.165, 1.54) is 0 Å². The summed E-state index contributed by atoms with van der Waals surface area (Å²) < 4.78 is 10.7. The van der Waals surface area contributed by atoms with Crippen LogP contribution in [0.5, 0.6) is 0 Å². The van der Waals surface area contributed by atoms with Crippen LogP contribution in [0.2, 0.25) is 0 Å². The van der Waals surface area contributed by atoms with E-state index in [9.17, 15) is 14.4 Å². The van der Waals surface area contributed by atoms with E-state index < -0.39 is 12.0 Å². The van der Waals surface area contributed by atoms with Gasteiger partial charge in [-0.05, 0) is 24.8 Å². The third kappa shape index (κ3) is 12.6. The molecular formula is C25H36N2O6. The molecule has 0 aliphatic rings. The second-order valence-electron chi connectivity index (χ2n) is 7.43. The lowest BCUT2D eigenvalue weighted by Gasteiger charge is -2.21. The molecule has 0 aliphatic heterocycles. The molecule has 182 valence electrons. The minimum absolute atomic E-state index is 0.00476. The van der Waals surface area contributed by atoms with Crippen molar-refractivity contribution in [1.82, 2.24) is 10.6 Å². The number of aliphatic hydroxyl groups excluding tert-OH is 1. The quantitative estimate of drug-likeness (QED) is 0.176. The molecule has 2 amide bonds. The summed E-state index contributed by atoms with van der Waals surface area (Å²) in [7, 11) is 0. The Balaban J connectivity index is 2.65. The van der Waals surface area contributed by atoms with Gasteiger partial charge in [-0.15, -0.1) is 13.2 Å². The molecule has 0 fully saturated rings. The summed E-state index contributed by atoms with van der Waals surface area (Å²) in [6, 6.07) is 9.21. The maximum absolute atomic E-state index is 12.8. The first-order chi connectivity index (χ1) is 16.0. The number of rotatable bonds is 18. The lowest BCUT2D eigenvalue weighted by atomic mass is 9.99. The van der Waals surface area contributed by atoms with Gasteiger partial charge in [0, 0.05) is 19.4 Å². The minimum Gasteiger partial charge on any atom is -0.456 e. The molecule has 8 nitrogen and oxygen atoms in total. The van der Waals surface area contributed by atoms with E-state index in [1.54, 1.807) is 12.2 Å². The third-order valence-corrected chi connectivity index (χ3v) is 4.75. The summed E-state index contributed by atoms with van der Waals surface area (Å²) in [6.45, 7) is 8.11. The zero-order valence-corrected chi connectivity index (χ0v) is 19.2. The van der Waals surface area contributed by atoms with Gasteiger partial charge >= 0.3 is 5.97 Å². The zero-order chi connectivity index (χ0) is 24.3. The Bertz CT molecular complexity index is 738. The van der Waals surface area contributed by atoms with Gasteiger partial charge in [-0.3, -0.25) is 14.4 Å². The summed E-state index contributed by atoms with van der Waals surface area (Å²) in [5.74, 6) is -1.53. The first-order valence-electron chi connectivity index (χ1n) is 11.2. The molecule has 0 unspecified atom stereocenters. The van der Waals surface area contributed by atoms with Gasteiger partial charge in [-0.25, -0.2) is 0 Å². The number of nitrogens with one attached hydrogen (secondary N) is 2. The number of carbonyl (C=O) groups is 3. The maximum atomic E-state index is 12.8. The van der Waals surface area contributed by atoms with Gasteiger partial charge in [0.05, 0.1) is 32.3 Å². The van der Waals surface area contributed by atoms with Crippen LogP contribution in [0.4, 0.5) is 0 Å². The Morgan fingerprint density at radius 2 is 1.82 bits per heavy atom. The van der Waals surface area contributed by atoms with Crippen LogP contribution in [0.25, 0.3) is 0 Å². The van der Waals surface area contributed by atoms with Crippen LogP contribution in [0.3, 0.4) is 0 Å². The molecule has 3 N–H and O–H groups in total. The highest BCUT2D eigenvalue weighted by atomic mass is 16.5. The van der Waals surface area contributed by atoms with Crippen LogP contribution in [0.15, 0.2) is 55.6 Å². The maximum Gasteiger partial charge on any atom is 0.306 e. The van der Waals surface area contributed by atoms with Gasteiger partial charge in [0.25, 0.3) is 0 Å². The van der Waals surface area contributed by atoms with Gasteiger partial charge in [0.1, 0.15) is 6.10 Å². The van der Waals surface area contributed by atoms with Crippen LogP contribution in [0, 0.1) is 5.92 Å². The molecule has 8 heteroatoms. The van der Waals surface area contributed by atoms with Gasteiger partial charge in [-0.1, -0.05) is 42.5 Å².